The van der Waals surface area contributed by atoms with Crippen LogP contribution in [0.3, 0.4) is 0 Å². The molecule has 0 atom stereocenters. The van der Waals surface area contributed by atoms with Gasteiger partial charge < -0.3 is 4.57 Å². The fourth-order valence-corrected chi connectivity index (χ4v) is 2.39. The van der Waals surface area contributed by atoms with Crippen molar-refractivity contribution in [1.82, 2.24) is 20.2 Å². The molecule has 1 amide bonds. The van der Waals surface area contributed by atoms with Crippen molar-refractivity contribution in [3.8, 4) is 0 Å². The third-order valence-corrected chi connectivity index (χ3v) is 4.06. The minimum atomic E-state index is -0.193. The van der Waals surface area contributed by atoms with Gasteiger partial charge in [0.2, 0.25) is 0 Å². The van der Waals surface area contributed by atoms with E-state index in [-0.39, 0.29) is 11.7 Å². The van der Waals surface area contributed by atoms with E-state index in [1.165, 1.54) is 11.8 Å². The Morgan fingerprint density at radius 1 is 1.55 bits per heavy atom. The van der Waals surface area contributed by atoms with E-state index in [0.29, 0.717) is 5.16 Å². The van der Waals surface area contributed by atoms with Gasteiger partial charge in [-0.25, -0.2) is 5.43 Å². The number of rotatable bonds is 5. The molecule has 0 radical (unpaired) electrons. The monoisotopic (exact) mass is 353 g/mol. The first-order valence-electron chi connectivity index (χ1n) is 5.70. The highest BCUT2D eigenvalue weighted by Gasteiger charge is 2.05. The van der Waals surface area contributed by atoms with Crippen LogP contribution in [0.1, 0.15) is 5.56 Å². The summed E-state index contributed by atoms with van der Waals surface area (Å²) in [5, 5.41) is 12.2. The number of aromatic nitrogens is 3. The number of halogens is 1. The second kappa shape index (κ2) is 7.20. The molecule has 0 bridgehead atoms. The Labute approximate surface area is 128 Å². The van der Waals surface area contributed by atoms with Gasteiger partial charge in [-0.1, -0.05) is 45.9 Å². The molecule has 8 heteroatoms. The molecule has 0 saturated heterocycles. The summed E-state index contributed by atoms with van der Waals surface area (Å²) in [5.41, 5.74) is 3.37. The molecule has 1 aromatic carbocycles. The lowest BCUT2D eigenvalue weighted by atomic mass is 10.2. The van der Waals surface area contributed by atoms with Crippen LogP contribution in [0.25, 0.3) is 0 Å². The minimum Gasteiger partial charge on any atom is -0.312 e. The molecule has 2 aromatic rings. The summed E-state index contributed by atoms with van der Waals surface area (Å²) in [6.45, 7) is 0. The van der Waals surface area contributed by atoms with E-state index in [2.05, 4.69) is 36.7 Å². The summed E-state index contributed by atoms with van der Waals surface area (Å²) in [6.07, 6.45) is 3.18. The molecule has 0 fully saturated rings. The second-order valence-corrected chi connectivity index (χ2v) is 5.62. The highest BCUT2D eigenvalue weighted by Crippen LogP contribution is 2.14. The van der Waals surface area contributed by atoms with Crippen LogP contribution >= 0.6 is 27.7 Å². The van der Waals surface area contributed by atoms with Gasteiger partial charge in [0.15, 0.2) is 5.16 Å². The highest BCUT2D eigenvalue weighted by atomic mass is 79.9. The zero-order chi connectivity index (χ0) is 14.4. The molecular weight excluding hydrogens is 342 g/mol. The molecular formula is C12H12BrN5OS. The second-order valence-electron chi connectivity index (χ2n) is 3.83. The van der Waals surface area contributed by atoms with Crippen molar-refractivity contribution >= 4 is 39.8 Å². The predicted molar refractivity (Wildman–Crippen MR) is 81.6 cm³/mol. The van der Waals surface area contributed by atoms with Crippen LogP contribution in [0, 0.1) is 0 Å². The van der Waals surface area contributed by atoms with Crippen molar-refractivity contribution in [1.29, 1.82) is 0 Å². The predicted octanol–water partition coefficient (Wildman–Crippen LogP) is 1.82. The van der Waals surface area contributed by atoms with E-state index in [1.807, 2.05) is 31.3 Å². The summed E-state index contributed by atoms with van der Waals surface area (Å²) < 4.78 is 2.67. The summed E-state index contributed by atoms with van der Waals surface area (Å²) in [7, 11) is 1.82. The summed E-state index contributed by atoms with van der Waals surface area (Å²) in [6, 6.07) is 7.62. The van der Waals surface area contributed by atoms with E-state index >= 15 is 0 Å². The fourth-order valence-electron chi connectivity index (χ4n) is 1.32. The van der Waals surface area contributed by atoms with Crippen molar-refractivity contribution in [2.24, 2.45) is 12.1 Å². The number of benzene rings is 1. The lowest BCUT2D eigenvalue weighted by molar-refractivity contribution is -0.118. The first-order valence-corrected chi connectivity index (χ1v) is 7.48. The maximum atomic E-state index is 11.6. The number of carbonyl (C=O) groups is 1. The normalized spacial score (nSPS) is 10.9. The van der Waals surface area contributed by atoms with Crippen LogP contribution < -0.4 is 5.43 Å². The third-order valence-electron chi connectivity index (χ3n) is 2.30. The molecule has 1 N–H and O–H groups in total. The van der Waals surface area contributed by atoms with Gasteiger partial charge in [0.05, 0.1) is 12.0 Å². The number of hydrazone groups is 1. The van der Waals surface area contributed by atoms with Crippen LogP contribution in [-0.4, -0.2) is 32.6 Å². The Morgan fingerprint density at radius 2 is 2.35 bits per heavy atom. The number of carbonyl (C=O) groups excluding carboxylic acids is 1. The van der Waals surface area contributed by atoms with Gasteiger partial charge in [-0.2, -0.15) is 5.10 Å². The number of nitrogens with zero attached hydrogens (tertiary/aromatic N) is 4. The van der Waals surface area contributed by atoms with E-state index in [9.17, 15) is 4.79 Å². The van der Waals surface area contributed by atoms with Gasteiger partial charge in [0.25, 0.3) is 5.91 Å². The number of amides is 1. The Morgan fingerprint density at radius 3 is 3.05 bits per heavy atom. The molecule has 6 nitrogen and oxygen atoms in total. The van der Waals surface area contributed by atoms with Crippen LogP contribution in [0.2, 0.25) is 0 Å². The smallest absolute Gasteiger partial charge is 0.250 e. The van der Waals surface area contributed by atoms with Crippen LogP contribution in [-0.2, 0) is 11.8 Å². The van der Waals surface area contributed by atoms with E-state index in [1.54, 1.807) is 17.1 Å². The molecule has 0 unspecified atom stereocenters. The highest BCUT2D eigenvalue weighted by molar-refractivity contribution is 9.10. The van der Waals surface area contributed by atoms with Gasteiger partial charge in [0.1, 0.15) is 6.33 Å². The van der Waals surface area contributed by atoms with Crippen molar-refractivity contribution in [2.75, 3.05) is 5.75 Å². The average Bonchev–Trinajstić information content (AvgIpc) is 2.84. The molecule has 1 heterocycles. The zero-order valence-corrected chi connectivity index (χ0v) is 13.1. The Hall–Kier alpha value is -1.67. The van der Waals surface area contributed by atoms with Gasteiger partial charge in [-0.15, -0.1) is 10.2 Å². The van der Waals surface area contributed by atoms with Crippen molar-refractivity contribution < 1.29 is 4.79 Å². The summed E-state index contributed by atoms with van der Waals surface area (Å²) in [4.78, 5) is 11.6. The molecule has 0 saturated carbocycles. The van der Waals surface area contributed by atoms with Crippen molar-refractivity contribution in [3.05, 3.63) is 40.6 Å². The number of aryl methyl sites for hydroxylation is 1. The quantitative estimate of drug-likeness (QED) is 0.505. The SMILES string of the molecule is Cn1cnnc1SCC(=O)NN=Cc1ccccc1Br. The Balaban J connectivity index is 1.81. The van der Waals surface area contributed by atoms with E-state index in [0.717, 1.165) is 10.0 Å². The Kier molecular flexibility index (Phi) is 5.31. The van der Waals surface area contributed by atoms with Crippen LogP contribution in [0.4, 0.5) is 0 Å². The van der Waals surface area contributed by atoms with Crippen molar-refractivity contribution in [3.63, 3.8) is 0 Å². The number of hydrogen-bond donors (Lipinski definition) is 1. The van der Waals surface area contributed by atoms with E-state index < -0.39 is 0 Å². The fraction of sp³-hybridized carbons (Fsp3) is 0.167. The number of thioether (sulfide) groups is 1. The maximum absolute atomic E-state index is 11.6. The molecule has 2 rings (SSSR count). The number of hydrogen-bond acceptors (Lipinski definition) is 5. The minimum absolute atomic E-state index is 0.193. The summed E-state index contributed by atoms with van der Waals surface area (Å²) in [5.74, 6) is 0.0427. The standard InChI is InChI=1S/C12H12BrN5OS/c1-18-8-15-17-12(18)20-7-11(19)16-14-6-9-4-2-3-5-10(9)13/h2-6,8H,7H2,1H3,(H,16,19). The van der Waals surface area contributed by atoms with Crippen LogP contribution in [0.5, 0.6) is 0 Å². The molecule has 20 heavy (non-hydrogen) atoms. The lowest BCUT2D eigenvalue weighted by Gasteiger charge is -2.00. The van der Waals surface area contributed by atoms with Gasteiger partial charge >= 0.3 is 0 Å². The van der Waals surface area contributed by atoms with Gasteiger partial charge in [-0.3, -0.25) is 4.79 Å². The molecule has 104 valence electrons. The average molecular weight is 354 g/mol. The lowest BCUT2D eigenvalue weighted by Crippen LogP contribution is -2.19. The molecule has 1 aromatic heterocycles. The topological polar surface area (TPSA) is 72.2 Å². The van der Waals surface area contributed by atoms with Gasteiger partial charge in [-0.05, 0) is 6.07 Å². The van der Waals surface area contributed by atoms with Gasteiger partial charge in [0, 0.05) is 17.1 Å². The first kappa shape index (κ1) is 14.7. The van der Waals surface area contributed by atoms with Crippen molar-refractivity contribution in [2.45, 2.75) is 5.16 Å². The molecule has 0 spiro atoms. The summed E-state index contributed by atoms with van der Waals surface area (Å²) >= 11 is 4.71. The Bertz CT molecular complexity index is 628. The zero-order valence-electron chi connectivity index (χ0n) is 10.7. The molecule has 0 aliphatic rings. The largest absolute Gasteiger partial charge is 0.312 e. The number of nitrogens with one attached hydrogen (secondary N) is 1. The first-order chi connectivity index (χ1) is 9.66. The molecule has 0 aliphatic carbocycles. The van der Waals surface area contributed by atoms with E-state index in [4.69, 9.17) is 0 Å². The third kappa shape index (κ3) is 4.17. The molecule has 0 aliphatic heterocycles. The maximum Gasteiger partial charge on any atom is 0.250 e. The van der Waals surface area contributed by atoms with Crippen LogP contribution in [0.15, 0.2) is 45.3 Å².